The Morgan fingerprint density at radius 2 is 1.91 bits per heavy atom. The van der Waals surface area contributed by atoms with Crippen molar-refractivity contribution < 1.29 is 4.74 Å². The first kappa shape index (κ1) is 23.6. The molecule has 3 N–H and O–H groups in total. The van der Waals surface area contributed by atoms with Gasteiger partial charge in [-0.05, 0) is 48.2 Å². The van der Waals surface area contributed by atoms with Crippen molar-refractivity contribution in [2.75, 3.05) is 20.7 Å². The Balaban J connectivity index is 0.00000289. The zero-order valence-electron chi connectivity index (χ0n) is 18.2. The molecule has 0 amide bonds. The second-order valence-corrected chi connectivity index (χ2v) is 7.11. The summed E-state index contributed by atoms with van der Waals surface area (Å²) in [6.07, 6.45) is 3.13. The Hall–Kier alpha value is -3.08. The van der Waals surface area contributed by atoms with E-state index in [1.165, 1.54) is 10.9 Å². The molecule has 0 saturated heterocycles. The van der Waals surface area contributed by atoms with Gasteiger partial charge in [0.2, 0.25) is 0 Å². The predicted octanol–water partition coefficient (Wildman–Crippen LogP) is 3.81. The lowest BCUT2D eigenvalue weighted by molar-refractivity contribution is 0.415. The number of halogens is 1. The molecule has 0 saturated carbocycles. The fourth-order valence-electron chi connectivity index (χ4n) is 3.42. The van der Waals surface area contributed by atoms with E-state index >= 15 is 0 Å². The highest BCUT2D eigenvalue weighted by Crippen LogP contribution is 2.19. The molecule has 0 bridgehead atoms. The van der Waals surface area contributed by atoms with Gasteiger partial charge in [-0.15, -0.1) is 24.0 Å². The molecular formula is C23H28IN7O. The molecule has 32 heavy (non-hydrogen) atoms. The van der Waals surface area contributed by atoms with Gasteiger partial charge < -0.3 is 19.9 Å². The summed E-state index contributed by atoms with van der Waals surface area (Å²) in [5.41, 5.74) is 2.20. The first-order chi connectivity index (χ1) is 15.3. The maximum Gasteiger partial charge on any atom is 0.191 e. The van der Waals surface area contributed by atoms with Crippen LogP contribution in [0.5, 0.6) is 5.75 Å². The van der Waals surface area contributed by atoms with E-state index in [0.29, 0.717) is 12.4 Å². The van der Waals surface area contributed by atoms with E-state index in [0.717, 1.165) is 42.6 Å². The summed E-state index contributed by atoms with van der Waals surface area (Å²) >= 11 is 0. The van der Waals surface area contributed by atoms with Crippen molar-refractivity contribution in [2.45, 2.75) is 19.5 Å². The number of rotatable bonds is 8. The number of H-pyrrole nitrogens is 1. The van der Waals surface area contributed by atoms with Crippen molar-refractivity contribution in [3.8, 4) is 17.1 Å². The molecule has 9 heteroatoms. The molecular weight excluding hydrogens is 517 g/mol. The van der Waals surface area contributed by atoms with Gasteiger partial charge in [0.25, 0.3) is 0 Å². The van der Waals surface area contributed by atoms with E-state index in [-0.39, 0.29) is 24.0 Å². The van der Waals surface area contributed by atoms with Gasteiger partial charge in [-0.2, -0.15) is 5.10 Å². The van der Waals surface area contributed by atoms with Gasteiger partial charge in [-0.25, -0.2) is 4.98 Å². The number of benzene rings is 2. The van der Waals surface area contributed by atoms with Gasteiger partial charge in [0.05, 0.1) is 13.7 Å². The molecule has 4 aromatic rings. The van der Waals surface area contributed by atoms with E-state index in [1.807, 2.05) is 24.3 Å². The van der Waals surface area contributed by atoms with Crippen LogP contribution in [0.1, 0.15) is 12.2 Å². The van der Waals surface area contributed by atoms with Crippen LogP contribution >= 0.6 is 24.0 Å². The normalized spacial score (nSPS) is 11.2. The van der Waals surface area contributed by atoms with Crippen LogP contribution in [0.3, 0.4) is 0 Å². The number of aromatic amines is 1. The number of fused-ring (bicyclic) bond motifs is 1. The maximum atomic E-state index is 5.19. The van der Waals surface area contributed by atoms with Crippen molar-refractivity contribution in [2.24, 2.45) is 4.99 Å². The molecule has 2 aromatic carbocycles. The van der Waals surface area contributed by atoms with Gasteiger partial charge in [-0.3, -0.25) is 10.1 Å². The van der Waals surface area contributed by atoms with Crippen molar-refractivity contribution in [3.63, 3.8) is 0 Å². The predicted molar refractivity (Wildman–Crippen MR) is 139 cm³/mol. The molecule has 4 rings (SSSR count). The molecule has 2 heterocycles. The summed E-state index contributed by atoms with van der Waals surface area (Å²) in [7, 11) is 3.41. The van der Waals surface area contributed by atoms with E-state index in [4.69, 9.17) is 4.74 Å². The van der Waals surface area contributed by atoms with Crippen LogP contribution in [0, 0.1) is 0 Å². The number of ether oxygens (including phenoxy) is 1. The lowest BCUT2D eigenvalue weighted by Crippen LogP contribution is -2.37. The molecule has 168 valence electrons. The van der Waals surface area contributed by atoms with Crippen molar-refractivity contribution in [3.05, 3.63) is 66.6 Å². The molecule has 0 aliphatic carbocycles. The lowest BCUT2D eigenvalue weighted by Gasteiger charge is -2.11. The summed E-state index contributed by atoms with van der Waals surface area (Å²) in [5.74, 6) is 2.94. The molecule has 0 spiro atoms. The smallest absolute Gasteiger partial charge is 0.191 e. The van der Waals surface area contributed by atoms with Crippen LogP contribution in [-0.4, -0.2) is 46.4 Å². The second-order valence-electron chi connectivity index (χ2n) is 7.11. The topological polar surface area (TPSA) is 92.2 Å². The Kier molecular flexibility index (Phi) is 8.48. The van der Waals surface area contributed by atoms with E-state index < -0.39 is 0 Å². The van der Waals surface area contributed by atoms with Gasteiger partial charge in [-0.1, -0.05) is 18.2 Å². The van der Waals surface area contributed by atoms with Crippen LogP contribution in [0.25, 0.3) is 22.3 Å². The molecule has 2 aromatic heterocycles. The Labute approximate surface area is 204 Å². The summed E-state index contributed by atoms with van der Waals surface area (Å²) in [5, 5.41) is 15.2. The first-order valence-electron chi connectivity index (χ1n) is 10.3. The highest BCUT2D eigenvalue weighted by Gasteiger charge is 2.07. The van der Waals surface area contributed by atoms with E-state index in [2.05, 4.69) is 71.9 Å². The number of guanidine groups is 1. The minimum Gasteiger partial charge on any atom is -0.497 e. The zero-order chi connectivity index (χ0) is 21.5. The van der Waals surface area contributed by atoms with Gasteiger partial charge in [0.15, 0.2) is 11.8 Å². The average molecular weight is 545 g/mol. The molecule has 8 nitrogen and oxygen atoms in total. The molecule has 0 atom stereocenters. The third kappa shape index (κ3) is 5.78. The summed E-state index contributed by atoms with van der Waals surface area (Å²) in [4.78, 5) is 8.83. The Morgan fingerprint density at radius 3 is 2.69 bits per heavy atom. The van der Waals surface area contributed by atoms with Gasteiger partial charge >= 0.3 is 0 Å². The fourth-order valence-corrected chi connectivity index (χ4v) is 3.42. The van der Waals surface area contributed by atoms with E-state index in [9.17, 15) is 0 Å². The number of para-hydroxylation sites is 1. The number of aromatic nitrogens is 4. The summed E-state index contributed by atoms with van der Waals surface area (Å²) in [6.45, 7) is 2.27. The standard InChI is InChI=1S/C23H27N7O.HI/c1-24-23(25-13-5-14-30-15-12-17-6-3-4-7-20(17)30)26-16-21-27-22(29-28-21)18-8-10-19(31-2)11-9-18;/h3-4,6-12,15H,5,13-14,16H2,1-2H3,(H2,24,25,26)(H,27,28,29);1H. The third-order valence-electron chi connectivity index (χ3n) is 5.08. The molecule has 0 aliphatic rings. The minimum atomic E-state index is 0. The number of methoxy groups -OCH3 is 1. The Bertz CT molecular complexity index is 1150. The molecule has 0 aliphatic heterocycles. The Morgan fingerprint density at radius 1 is 1.09 bits per heavy atom. The van der Waals surface area contributed by atoms with Crippen LogP contribution in [-0.2, 0) is 13.1 Å². The first-order valence-corrected chi connectivity index (χ1v) is 10.3. The van der Waals surface area contributed by atoms with Crippen LogP contribution < -0.4 is 15.4 Å². The van der Waals surface area contributed by atoms with Crippen molar-refractivity contribution in [1.29, 1.82) is 0 Å². The molecule has 0 radical (unpaired) electrons. The van der Waals surface area contributed by atoms with Crippen LogP contribution in [0.15, 0.2) is 65.8 Å². The quantitative estimate of drug-likeness (QED) is 0.136. The summed E-state index contributed by atoms with van der Waals surface area (Å²) in [6, 6.07) is 18.3. The number of aryl methyl sites for hydroxylation is 1. The zero-order valence-corrected chi connectivity index (χ0v) is 20.5. The molecule has 0 unspecified atom stereocenters. The number of aliphatic imine (C=N–C) groups is 1. The van der Waals surface area contributed by atoms with Crippen molar-refractivity contribution >= 4 is 40.8 Å². The van der Waals surface area contributed by atoms with Crippen LogP contribution in [0.2, 0.25) is 0 Å². The van der Waals surface area contributed by atoms with E-state index in [1.54, 1.807) is 14.2 Å². The maximum absolute atomic E-state index is 5.19. The minimum absolute atomic E-state index is 0. The fraction of sp³-hybridized carbons (Fsp3) is 0.261. The SMILES string of the molecule is CN=C(NCCCn1ccc2ccccc21)NCc1nc(-c2ccc(OC)cc2)n[nH]1.I. The molecule has 0 fully saturated rings. The number of hydrogen-bond donors (Lipinski definition) is 3. The van der Waals surface area contributed by atoms with Gasteiger partial charge in [0.1, 0.15) is 11.6 Å². The van der Waals surface area contributed by atoms with Gasteiger partial charge in [0, 0.05) is 37.4 Å². The monoisotopic (exact) mass is 545 g/mol. The average Bonchev–Trinajstić information content (AvgIpc) is 3.46. The van der Waals surface area contributed by atoms with Crippen molar-refractivity contribution in [1.82, 2.24) is 30.4 Å². The van der Waals surface area contributed by atoms with Crippen LogP contribution in [0.4, 0.5) is 0 Å². The highest BCUT2D eigenvalue weighted by atomic mass is 127. The highest BCUT2D eigenvalue weighted by molar-refractivity contribution is 14.0. The largest absolute Gasteiger partial charge is 0.497 e. The summed E-state index contributed by atoms with van der Waals surface area (Å²) < 4.78 is 7.47. The number of nitrogens with zero attached hydrogens (tertiary/aromatic N) is 4. The lowest BCUT2D eigenvalue weighted by atomic mass is 10.2. The second kappa shape index (κ2) is 11.5. The number of nitrogens with one attached hydrogen (secondary N) is 3. The number of hydrogen-bond acceptors (Lipinski definition) is 4. The third-order valence-corrected chi connectivity index (χ3v) is 5.08.